The molecule has 3 N–H and O–H groups in total. The van der Waals surface area contributed by atoms with Gasteiger partial charge in [0.15, 0.2) is 0 Å². The molecule has 5 nitrogen and oxygen atoms in total. The number of imidazole rings is 1. The lowest BCUT2D eigenvalue weighted by Crippen LogP contribution is -2.31. The van der Waals surface area contributed by atoms with E-state index in [1.807, 2.05) is 17.1 Å². The zero-order valence-corrected chi connectivity index (χ0v) is 15.8. The first-order chi connectivity index (χ1) is 11.2. The van der Waals surface area contributed by atoms with Gasteiger partial charge in [-0.25, -0.2) is 4.98 Å². The van der Waals surface area contributed by atoms with E-state index in [4.69, 9.17) is 5.73 Å². The number of amides is 1. The first-order valence-corrected chi connectivity index (χ1v) is 8.26. The Kier molecular flexibility index (Phi) is 8.97. The molecule has 0 saturated heterocycles. The van der Waals surface area contributed by atoms with Gasteiger partial charge in [-0.05, 0) is 29.9 Å². The Morgan fingerprint density at radius 1 is 1.20 bits per heavy atom. The highest BCUT2D eigenvalue weighted by molar-refractivity contribution is 5.85. The predicted molar refractivity (Wildman–Crippen MR) is 104 cm³/mol. The number of benzene rings is 1. The third kappa shape index (κ3) is 6.34. The quantitative estimate of drug-likeness (QED) is 0.803. The molecule has 2 atom stereocenters. The Hall–Kier alpha value is -1.56. The molecule has 0 bridgehead atoms. The second kappa shape index (κ2) is 10.4. The van der Waals surface area contributed by atoms with Crippen molar-refractivity contribution in [3.8, 4) is 0 Å². The number of nitrogens with two attached hydrogens (primary N) is 1. The van der Waals surface area contributed by atoms with E-state index in [0.717, 1.165) is 31.4 Å². The Morgan fingerprint density at radius 3 is 2.52 bits per heavy atom. The molecular formula is C18H26Cl2N4O. The van der Waals surface area contributed by atoms with Crippen LogP contribution in [0.1, 0.15) is 36.8 Å². The van der Waals surface area contributed by atoms with Crippen LogP contribution in [-0.4, -0.2) is 21.5 Å². The van der Waals surface area contributed by atoms with Crippen LogP contribution in [0.25, 0.3) is 0 Å². The molecule has 1 aromatic heterocycles. The van der Waals surface area contributed by atoms with Crippen LogP contribution in [0.2, 0.25) is 0 Å². The normalized spacial score (nSPS) is 18.9. The monoisotopic (exact) mass is 384 g/mol. The van der Waals surface area contributed by atoms with Crippen molar-refractivity contribution in [2.24, 2.45) is 11.7 Å². The molecule has 3 rings (SSSR count). The maximum atomic E-state index is 12.0. The lowest BCUT2D eigenvalue weighted by Gasteiger charge is -2.14. The lowest BCUT2D eigenvalue weighted by molar-refractivity contribution is -0.122. The lowest BCUT2D eigenvalue weighted by atomic mass is 10.00. The van der Waals surface area contributed by atoms with Crippen LogP contribution in [0.4, 0.5) is 0 Å². The molecule has 0 spiro atoms. The van der Waals surface area contributed by atoms with Gasteiger partial charge in [0.2, 0.25) is 5.91 Å². The largest absolute Gasteiger partial charge is 0.352 e. The molecule has 1 heterocycles. The summed E-state index contributed by atoms with van der Waals surface area (Å²) in [5.41, 5.74) is 8.35. The SMILES string of the molecule is Cl.Cl.N[C@@H]1CCC[C@H]1CC(=O)NCc1ccc(Cn2ccnc2)cc1. The molecule has 1 aromatic carbocycles. The van der Waals surface area contributed by atoms with Crippen molar-refractivity contribution in [2.45, 2.75) is 44.8 Å². The Balaban J connectivity index is 0.00000156. The van der Waals surface area contributed by atoms with Gasteiger partial charge in [-0.1, -0.05) is 30.7 Å². The zero-order valence-electron chi connectivity index (χ0n) is 14.1. The van der Waals surface area contributed by atoms with Crippen molar-refractivity contribution in [2.75, 3.05) is 0 Å². The van der Waals surface area contributed by atoms with Gasteiger partial charge in [0.25, 0.3) is 0 Å². The molecule has 25 heavy (non-hydrogen) atoms. The zero-order chi connectivity index (χ0) is 16.1. The summed E-state index contributed by atoms with van der Waals surface area (Å²) in [4.78, 5) is 16.1. The molecule has 0 radical (unpaired) electrons. The average molecular weight is 385 g/mol. The molecule has 1 fully saturated rings. The Bertz CT molecular complexity index is 631. The second-order valence-electron chi connectivity index (χ2n) is 6.39. The standard InChI is InChI=1S/C18H24N4O.2ClH/c19-17-3-1-2-16(17)10-18(23)21-11-14-4-6-15(7-5-14)12-22-9-8-20-13-22;;/h4-9,13,16-17H,1-3,10-12,19H2,(H,21,23);2*1H/t16-,17+;;/m0../s1. The topological polar surface area (TPSA) is 72.9 Å². The van der Waals surface area contributed by atoms with Crippen LogP contribution >= 0.6 is 24.8 Å². The summed E-state index contributed by atoms with van der Waals surface area (Å²) >= 11 is 0. The molecular weight excluding hydrogens is 359 g/mol. The number of halogens is 2. The Labute approximate surface area is 161 Å². The number of nitrogens with one attached hydrogen (secondary N) is 1. The van der Waals surface area contributed by atoms with Crippen molar-refractivity contribution in [1.29, 1.82) is 0 Å². The van der Waals surface area contributed by atoms with Gasteiger partial charge in [-0.2, -0.15) is 0 Å². The van der Waals surface area contributed by atoms with Gasteiger partial charge in [-0.15, -0.1) is 24.8 Å². The summed E-state index contributed by atoms with van der Waals surface area (Å²) < 4.78 is 2.03. The molecule has 1 aliphatic carbocycles. The first kappa shape index (κ1) is 21.5. The maximum Gasteiger partial charge on any atom is 0.220 e. The van der Waals surface area contributed by atoms with E-state index >= 15 is 0 Å². The van der Waals surface area contributed by atoms with E-state index in [1.54, 1.807) is 6.20 Å². The molecule has 0 aliphatic heterocycles. The summed E-state index contributed by atoms with van der Waals surface area (Å²) in [6, 6.07) is 8.51. The van der Waals surface area contributed by atoms with E-state index in [-0.39, 0.29) is 36.8 Å². The minimum atomic E-state index is 0. The second-order valence-corrected chi connectivity index (χ2v) is 6.39. The van der Waals surface area contributed by atoms with E-state index in [9.17, 15) is 4.79 Å². The fourth-order valence-electron chi connectivity index (χ4n) is 3.18. The van der Waals surface area contributed by atoms with E-state index in [2.05, 4.69) is 34.6 Å². The summed E-state index contributed by atoms with van der Waals surface area (Å²) in [6.45, 7) is 1.39. The highest BCUT2D eigenvalue weighted by Gasteiger charge is 2.25. The maximum absolute atomic E-state index is 12.0. The third-order valence-corrected chi connectivity index (χ3v) is 4.60. The van der Waals surface area contributed by atoms with Gasteiger partial charge < -0.3 is 15.6 Å². The minimum absolute atomic E-state index is 0. The van der Waals surface area contributed by atoms with Crippen molar-refractivity contribution in [3.05, 3.63) is 54.1 Å². The van der Waals surface area contributed by atoms with Crippen molar-refractivity contribution in [3.63, 3.8) is 0 Å². The van der Waals surface area contributed by atoms with Crippen LogP contribution in [-0.2, 0) is 17.9 Å². The van der Waals surface area contributed by atoms with Crippen molar-refractivity contribution in [1.82, 2.24) is 14.9 Å². The highest BCUT2D eigenvalue weighted by Crippen LogP contribution is 2.26. The average Bonchev–Trinajstić information content (AvgIpc) is 3.19. The van der Waals surface area contributed by atoms with Gasteiger partial charge in [-0.3, -0.25) is 4.79 Å². The summed E-state index contributed by atoms with van der Waals surface area (Å²) in [5.74, 6) is 0.461. The van der Waals surface area contributed by atoms with E-state index in [0.29, 0.717) is 18.9 Å². The summed E-state index contributed by atoms with van der Waals surface area (Å²) in [7, 11) is 0. The number of rotatable bonds is 6. The number of hydrogen-bond acceptors (Lipinski definition) is 3. The van der Waals surface area contributed by atoms with E-state index < -0.39 is 0 Å². The highest BCUT2D eigenvalue weighted by atomic mass is 35.5. The number of hydrogen-bond donors (Lipinski definition) is 2. The third-order valence-electron chi connectivity index (χ3n) is 4.60. The van der Waals surface area contributed by atoms with Crippen LogP contribution in [0.5, 0.6) is 0 Å². The fraction of sp³-hybridized carbons (Fsp3) is 0.444. The van der Waals surface area contributed by atoms with Crippen LogP contribution < -0.4 is 11.1 Å². The number of carbonyl (C=O) groups is 1. The smallest absolute Gasteiger partial charge is 0.220 e. The molecule has 0 unspecified atom stereocenters. The first-order valence-electron chi connectivity index (χ1n) is 8.26. The van der Waals surface area contributed by atoms with Crippen LogP contribution in [0.3, 0.4) is 0 Å². The molecule has 1 aliphatic rings. The molecule has 1 amide bonds. The predicted octanol–water partition coefficient (Wildman–Crippen LogP) is 2.91. The van der Waals surface area contributed by atoms with Crippen LogP contribution in [0.15, 0.2) is 43.0 Å². The number of carbonyl (C=O) groups excluding carboxylic acids is 1. The number of nitrogens with zero attached hydrogens (tertiary/aromatic N) is 2. The Morgan fingerprint density at radius 2 is 1.92 bits per heavy atom. The van der Waals surface area contributed by atoms with Crippen LogP contribution in [0, 0.1) is 5.92 Å². The molecule has 138 valence electrons. The van der Waals surface area contributed by atoms with Gasteiger partial charge >= 0.3 is 0 Å². The fourth-order valence-corrected chi connectivity index (χ4v) is 3.18. The molecule has 1 saturated carbocycles. The van der Waals surface area contributed by atoms with E-state index in [1.165, 1.54) is 5.56 Å². The van der Waals surface area contributed by atoms with Gasteiger partial charge in [0.05, 0.1) is 6.33 Å². The molecule has 2 aromatic rings. The summed E-state index contributed by atoms with van der Waals surface area (Å²) in [6.07, 6.45) is 9.37. The minimum Gasteiger partial charge on any atom is -0.352 e. The van der Waals surface area contributed by atoms with Crippen molar-refractivity contribution >= 4 is 30.7 Å². The summed E-state index contributed by atoms with van der Waals surface area (Å²) in [5, 5.41) is 3.00. The van der Waals surface area contributed by atoms with Gasteiger partial charge in [0.1, 0.15) is 0 Å². The molecule has 7 heteroatoms. The number of aromatic nitrogens is 2. The van der Waals surface area contributed by atoms with Crippen molar-refractivity contribution < 1.29 is 4.79 Å². The van der Waals surface area contributed by atoms with Gasteiger partial charge in [0, 0.05) is 37.9 Å².